The maximum Gasteiger partial charge on any atom is 0.449 e. The van der Waals surface area contributed by atoms with Crippen molar-refractivity contribution in [3.63, 3.8) is 0 Å². The molecule has 29 heavy (non-hydrogen) atoms. The largest absolute Gasteiger partial charge is 0.449 e. The molecule has 0 atom stereocenters. The Hall–Kier alpha value is -2.43. The highest BCUT2D eigenvalue weighted by Gasteiger charge is 2.13. The molecule has 2 aromatic carbocycles. The first-order valence-corrected chi connectivity index (χ1v) is 10.4. The van der Waals surface area contributed by atoms with E-state index in [0.717, 1.165) is 16.8 Å². The molecule has 0 spiro atoms. The van der Waals surface area contributed by atoms with Gasteiger partial charge in [-0.1, -0.05) is 36.4 Å². The average molecular weight is 423 g/mol. The molecule has 8 nitrogen and oxygen atoms in total. The van der Waals surface area contributed by atoms with Crippen LogP contribution in [-0.2, 0) is 14.6 Å². The van der Waals surface area contributed by atoms with Crippen LogP contribution in [0.3, 0.4) is 0 Å². The van der Waals surface area contributed by atoms with Crippen molar-refractivity contribution in [1.29, 1.82) is 0 Å². The van der Waals surface area contributed by atoms with Crippen LogP contribution in [0, 0.1) is 0 Å². The van der Waals surface area contributed by atoms with Crippen LogP contribution in [0.2, 0.25) is 0 Å². The Labute approximate surface area is 170 Å². The van der Waals surface area contributed by atoms with Gasteiger partial charge in [0.2, 0.25) is 0 Å². The summed E-state index contributed by atoms with van der Waals surface area (Å²) in [6.45, 7) is 0.135. The maximum absolute atomic E-state index is 11.5. The van der Waals surface area contributed by atoms with Crippen molar-refractivity contribution in [3.8, 4) is 5.75 Å². The number of nitrogens with zero attached hydrogens (tertiary/aromatic N) is 1. The summed E-state index contributed by atoms with van der Waals surface area (Å²) < 4.78 is 32.2. The molecule has 0 fully saturated rings. The SMILES string of the molecule is O=S(=O)(OCCO)Oc1ccc(/C=C/c2ccc(N(CCO)CCO)cc2)cc1. The summed E-state index contributed by atoms with van der Waals surface area (Å²) in [7, 11) is -4.20. The summed E-state index contributed by atoms with van der Waals surface area (Å²) >= 11 is 0. The summed E-state index contributed by atoms with van der Waals surface area (Å²) in [4.78, 5) is 1.89. The standard InChI is InChI=1S/C20H25NO7S/c22-13-11-21(12-14-23)19-7-3-17(4-8-19)1-2-18-5-9-20(10-6-18)28-29(25,26)27-16-15-24/h1-10,22-24H,11-16H2/b2-1+. The van der Waals surface area contributed by atoms with Crippen LogP contribution in [0.15, 0.2) is 48.5 Å². The molecule has 0 unspecified atom stereocenters. The second-order valence-corrected chi connectivity index (χ2v) is 7.18. The van der Waals surface area contributed by atoms with E-state index in [4.69, 9.17) is 19.5 Å². The first kappa shape index (κ1) is 22.9. The lowest BCUT2D eigenvalue weighted by atomic mass is 10.1. The zero-order valence-corrected chi connectivity index (χ0v) is 16.7. The fourth-order valence-electron chi connectivity index (χ4n) is 2.52. The average Bonchev–Trinajstić information content (AvgIpc) is 2.72. The molecule has 9 heteroatoms. The van der Waals surface area contributed by atoms with E-state index in [1.165, 1.54) is 12.1 Å². The summed E-state index contributed by atoms with van der Waals surface area (Å²) in [5.74, 6) is 0.109. The first-order chi connectivity index (χ1) is 14.0. The Kier molecular flexibility index (Phi) is 9.10. The van der Waals surface area contributed by atoms with Crippen molar-refractivity contribution >= 4 is 28.2 Å². The fraction of sp³-hybridized carbons (Fsp3) is 0.300. The van der Waals surface area contributed by atoms with Crippen LogP contribution < -0.4 is 9.08 Å². The minimum atomic E-state index is -4.20. The Morgan fingerprint density at radius 2 is 1.31 bits per heavy atom. The van der Waals surface area contributed by atoms with Crippen LogP contribution in [0.1, 0.15) is 11.1 Å². The molecule has 0 saturated carbocycles. The molecule has 0 bridgehead atoms. The summed E-state index contributed by atoms with van der Waals surface area (Å²) in [6, 6.07) is 14.1. The molecule has 0 radical (unpaired) electrons. The van der Waals surface area contributed by atoms with Gasteiger partial charge >= 0.3 is 10.4 Å². The Balaban J connectivity index is 1.99. The predicted molar refractivity (Wildman–Crippen MR) is 111 cm³/mol. The van der Waals surface area contributed by atoms with Gasteiger partial charge in [0, 0.05) is 18.8 Å². The van der Waals surface area contributed by atoms with Crippen LogP contribution >= 0.6 is 0 Å². The lowest BCUT2D eigenvalue weighted by Crippen LogP contribution is -2.29. The van der Waals surface area contributed by atoms with Crippen molar-refractivity contribution in [2.45, 2.75) is 0 Å². The van der Waals surface area contributed by atoms with Gasteiger partial charge in [0.15, 0.2) is 0 Å². The van der Waals surface area contributed by atoms with Crippen LogP contribution in [-0.4, -0.2) is 63.3 Å². The number of anilines is 1. The molecule has 2 aromatic rings. The molecular weight excluding hydrogens is 398 g/mol. The highest BCUT2D eigenvalue weighted by Crippen LogP contribution is 2.19. The van der Waals surface area contributed by atoms with Gasteiger partial charge in [-0.05, 0) is 35.4 Å². The van der Waals surface area contributed by atoms with Crippen LogP contribution in [0.25, 0.3) is 12.2 Å². The van der Waals surface area contributed by atoms with Gasteiger partial charge in [0.1, 0.15) is 5.75 Å². The Morgan fingerprint density at radius 3 is 1.79 bits per heavy atom. The Bertz CT molecular complexity index is 859. The zero-order chi connectivity index (χ0) is 21.1. The monoisotopic (exact) mass is 423 g/mol. The molecule has 0 aromatic heterocycles. The van der Waals surface area contributed by atoms with E-state index in [1.807, 2.05) is 41.3 Å². The molecule has 0 amide bonds. The minimum Gasteiger partial charge on any atom is -0.395 e. The molecular formula is C20H25NO7S. The highest BCUT2D eigenvalue weighted by atomic mass is 32.3. The molecule has 0 aliphatic rings. The molecule has 0 saturated heterocycles. The molecule has 2 rings (SSSR count). The summed E-state index contributed by atoms with van der Waals surface area (Å²) in [6.07, 6.45) is 3.78. The van der Waals surface area contributed by atoms with Gasteiger partial charge in [0.25, 0.3) is 0 Å². The molecule has 158 valence electrons. The number of benzene rings is 2. The third-order valence-corrected chi connectivity index (χ3v) is 4.72. The maximum atomic E-state index is 11.5. The molecule has 0 aliphatic heterocycles. The van der Waals surface area contributed by atoms with Crippen molar-refractivity contribution < 1.29 is 32.1 Å². The quantitative estimate of drug-likeness (QED) is 0.437. The van der Waals surface area contributed by atoms with Gasteiger partial charge in [0.05, 0.1) is 26.4 Å². The van der Waals surface area contributed by atoms with Gasteiger partial charge in [-0.25, -0.2) is 4.18 Å². The minimum absolute atomic E-state index is 0.0101. The van der Waals surface area contributed by atoms with E-state index < -0.39 is 17.0 Å². The smallest absolute Gasteiger partial charge is 0.395 e. The third kappa shape index (κ3) is 7.84. The second kappa shape index (κ2) is 11.5. The van der Waals surface area contributed by atoms with Crippen LogP contribution in [0.4, 0.5) is 5.69 Å². The van der Waals surface area contributed by atoms with Gasteiger partial charge in [-0.2, -0.15) is 8.42 Å². The topological polar surface area (TPSA) is 117 Å². The summed E-state index contributed by atoms with van der Waals surface area (Å²) in [5, 5.41) is 26.8. The number of aliphatic hydroxyl groups excluding tert-OH is 3. The predicted octanol–water partition coefficient (Wildman–Crippen LogP) is 1.28. The van der Waals surface area contributed by atoms with E-state index >= 15 is 0 Å². The van der Waals surface area contributed by atoms with Crippen molar-refractivity contribution in [2.24, 2.45) is 0 Å². The molecule has 3 N–H and O–H groups in total. The zero-order valence-electron chi connectivity index (χ0n) is 15.8. The highest BCUT2D eigenvalue weighted by molar-refractivity contribution is 7.82. The molecule has 0 aliphatic carbocycles. The second-order valence-electron chi connectivity index (χ2n) is 5.97. The lowest BCUT2D eigenvalue weighted by molar-refractivity contribution is 0.190. The number of rotatable bonds is 12. The fourth-order valence-corrected chi connectivity index (χ4v) is 3.19. The van der Waals surface area contributed by atoms with Gasteiger partial charge < -0.3 is 24.4 Å². The van der Waals surface area contributed by atoms with Crippen molar-refractivity contribution in [2.75, 3.05) is 44.4 Å². The first-order valence-electron chi connectivity index (χ1n) is 9.02. The van der Waals surface area contributed by atoms with E-state index in [2.05, 4.69) is 4.18 Å². The summed E-state index contributed by atoms with van der Waals surface area (Å²) in [5.41, 5.74) is 2.72. The van der Waals surface area contributed by atoms with E-state index in [9.17, 15) is 8.42 Å². The van der Waals surface area contributed by atoms with Gasteiger partial charge in [-0.3, -0.25) is 0 Å². The third-order valence-electron chi connectivity index (χ3n) is 3.86. The number of hydrogen-bond donors (Lipinski definition) is 3. The van der Waals surface area contributed by atoms with Crippen molar-refractivity contribution in [3.05, 3.63) is 59.7 Å². The van der Waals surface area contributed by atoms with Gasteiger partial charge in [-0.15, -0.1) is 0 Å². The Morgan fingerprint density at radius 1 is 0.793 bits per heavy atom. The van der Waals surface area contributed by atoms with Crippen LogP contribution in [0.5, 0.6) is 5.75 Å². The van der Waals surface area contributed by atoms with E-state index in [1.54, 1.807) is 12.1 Å². The number of hydrogen-bond acceptors (Lipinski definition) is 8. The van der Waals surface area contributed by atoms with E-state index in [-0.39, 0.29) is 25.6 Å². The molecule has 0 heterocycles. The lowest BCUT2D eigenvalue weighted by Gasteiger charge is -2.22. The van der Waals surface area contributed by atoms with Crippen molar-refractivity contribution in [1.82, 2.24) is 0 Å². The normalized spacial score (nSPS) is 11.7. The number of aliphatic hydroxyl groups is 3. The van der Waals surface area contributed by atoms with E-state index in [0.29, 0.717) is 13.1 Å².